The number of aliphatic carboxylic acids is 1. The van der Waals surface area contributed by atoms with Crippen LogP contribution in [0.3, 0.4) is 0 Å². The molecule has 1 fully saturated rings. The summed E-state index contributed by atoms with van der Waals surface area (Å²) in [6, 6.07) is -0.286. The zero-order valence-corrected chi connectivity index (χ0v) is 12.8. The lowest BCUT2D eigenvalue weighted by atomic mass is 9.95. The van der Waals surface area contributed by atoms with Crippen molar-refractivity contribution in [2.24, 2.45) is 5.92 Å². The standard InChI is InChI=1S/C14H25N3O4/c1-3-16(4-2)12(18)9-15-14(21)17-7-5-6-11(10-17)8-13(19)20/h11H,3-10H2,1-2H3,(H,15,21)(H,19,20). The van der Waals surface area contributed by atoms with Gasteiger partial charge in [-0.05, 0) is 32.6 Å². The average molecular weight is 299 g/mol. The Morgan fingerprint density at radius 1 is 1.29 bits per heavy atom. The number of carboxylic acids is 1. The first-order valence-corrected chi connectivity index (χ1v) is 7.50. The lowest BCUT2D eigenvalue weighted by Crippen LogP contribution is -2.48. The molecule has 1 rings (SSSR count). The first-order chi connectivity index (χ1) is 9.97. The van der Waals surface area contributed by atoms with E-state index in [-0.39, 0.29) is 30.8 Å². The van der Waals surface area contributed by atoms with E-state index in [9.17, 15) is 14.4 Å². The molecule has 0 radical (unpaired) electrons. The van der Waals surface area contributed by atoms with Crippen molar-refractivity contribution >= 4 is 17.9 Å². The van der Waals surface area contributed by atoms with Crippen LogP contribution in [-0.2, 0) is 9.59 Å². The molecule has 1 atom stereocenters. The maximum Gasteiger partial charge on any atom is 0.317 e. The van der Waals surface area contributed by atoms with Crippen LogP contribution in [0.5, 0.6) is 0 Å². The van der Waals surface area contributed by atoms with Gasteiger partial charge in [0.1, 0.15) is 0 Å². The monoisotopic (exact) mass is 299 g/mol. The Kier molecular flexibility index (Phi) is 6.98. The fraction of sp³-hybridized carbons (Fsp3) is 0.786. The molecule has 1 aliphatic heterocycles. The molecule has 0 aliphatic carbocycles. The summed E-state index contributed by atoms with van der Waals surface area (Å²) >= 11 is 0. The Morgan fingerprint density at radius 3 is 2.52 bits per heavy atom. The van der Waals surface area contributed by atoms with Gasteiger partial charge in [0.2, 0.25) is 5.91 Å². The molecule has 0 spiro atoms. The quantitative estimate of drug-likeness (QED) is 0.757. The summed E-state index contributed by atoms with van der Waals surface area (Å²) in [6.07, 6.45) is 1.71. The van der Waals surface area contributed by atoms with Crippen LogP contribution in [0, 0.1) is 5.92 Å². The third-order valence-electron chi connectivity index (χ3n) is 3.78. The van der Waals surface area contributed by atoms with Crippen LogP contribution < -0.4 is 5.32 Å². The second-order valence-electron chi connectivity index (χ2n) is 5.28. The third-order valence-corrected chi connectivity index (χ3v) is 3.78. The van der Waals surface area contributed by atoms with E-state index < -0.39 is 5.97 Å². The first-order valence-electron chi connectivity index (χ1n) is 7.50. The van der Waals surface area contributed by atoms with Crippen molar-refractivity contribution in [1.29, 1.82) is 0 Å². The number of carbonyl (C=O) groups is 3. The van der Waals surface area contributed by atoms with Gasteiger partial charge in [0.05, 0.1) is 6.54 Å². The highest BCUT2D eigenvalue weighted by Crippen LogP contribution is 2.19. The minimum Gasteiger partial charge on any atom is -0.481 e. The van der Waals surface area contributed by atoms with Gasteiger partial charge < -0.3 is 20.2 Å². The summed E-state index contributed by atoms with van der Waals surface area (Å²) in [5.41, 5.74) is 0. The molecule has 0 aromatic carbocycles. The number of amides is 3. The van der Waals surface area contributed by atoms with E-state index >= 15 is 0 Å². The molecular formula is C14H25N3O4. The summed E-state index contributed by atoms with van der Waals surface area (Å²) in [4.78, 5) is 37.8. The van der Waals surface area contributed by atoms with Crippen molar-refractivity contribution in [1.82, 2.24) is 15.1 Å². The zero-order valence-electron chi connectivity index (χ0n) is 12.8. The van der Waals surface area contributed by atoms with Gasteiger partial charge in [-0.2, -0.15) is 0 Å². The molecule has 0 bridgehead atoms. The smallest absolute Gasteiger partial charge is 0.317 e. The summed E-state index contributed by atoms with van der Waals surface area (Å²) in [6.45, 7) is 6.07. The van der Waals surface area contributed by atoms with Gasteiger partial charge in [0, 0.05) is 32.6 Å². The summed E-state index contributed by atoms with van der Waals surface area (Å²) in [5.74, 6) is -0.938. The van der Waals surface area contributed by atoms with Crippen molar-refractivity contribution in [3.63, 3.8) is 0 Å². The SMILES string of the molecule is CCN(CC)C(=O)CNC(=O)N1CCCC(CC(=O)O)C1. The third kappa shape index (κ3) is 5.61. The Bertz CT molecular complexity index is 382. The number of urea groups is 1. The molecule has 1 saturated heterocycles. The number of likely N-dealkylation sites (N-methyl/N-ethyl adjacent to an activating group) is 1. The van der Waals surface area contributed by atoms with Crippen LogP contribution in [-0.4, -0.2) is 65.5 Å². The van der Waals surface area contributed by atoms with Crippen LogP contribution in [0.4, 0.5) is 4.79 Å². The number of rotatable bonds is 6. The van der Waals surface area contributed by atoms with Crippen LogP contribution in [0.1, 0.15) is 33.1 Å². The van der Waals surface area contributed by atoms with Crippen LogP contribution in [0.2, 0.25) is 0 Å². The number of hydrogen-bond donors (Lipinski definition) is 2. The highest BCUT2D eigenvalue weighted by atomic mass is 16.4. The number of carbonyl (C=O) groups excluding carboxylic acids is 2. The average Bonchev–Trinajstić information content (AvgIpc) is 2.45. The van der Waals surface area contributed by atoms with E-state index in [2.05, 4.69) is 5.32 Å². The first kappa shape index (κ1) is 17.3. The molecule has 3 amide bonds. The zero-order chi connectivity index (χ0) is 15.8. The Hall–Kier alpha value is -1.79. The fourth-order valence-electron chi connectivity index (χ4n) is 2.61. The Labute approximate surface area is 125 Å². The predicted octanol–water partition coefficient (Wildman–Crippen LogP) is 0.751. The molecule has 7 heteroatoms. The molecule has 120 valence electrons. The number of nitrogens with one attached hydrogen (secondary N) is 1. The van der Waals surface area contributed by atoms with Crippen molar-refractivity contribution in [2.75, 3.05) is 32.7 Å². The second-order valence-corrected chi connectivity index (χ2v) is 5.28. The van der Waals surface area contributed by atoms with Crippen LogP contribution in [0.25, 0.3) is 0 Å². The topological polar surface area (TPSA) is 90.0 Å². The van der Waals surface area contributed by atoms with Gasteiger partial charge in [-0.1, -0.05) is 0 Å². The van der Waals surface area contributed by atoms with Crippen LogP contribution >= 0.6 is 0 Å². The van der Waals surface area contributed by atoms with E-state index in [1.165, 1.54) is 0 Å². The van der Waals surface area contributed by atoms with Crippen molar-refractivity contribution < 1.29 is 19.5 Å². The van der Waals surface area contributed by atoms with Gasteiger partial charge in [-0.3, -0.25) is 9.59 Å². The fourth-order valence-corrected chi connectivity index (χ4v) is 2.61. The molecule has 1 unspecified atom stereocenters. The maximum atomic E-state index is 12.0. The number of piperidine rings is 1. The second kappa shape index (κ2) is 8.49. The summed E-state index contributed by atoms with van der Waals surface area (Å²) < 4.78 is 0. The molecular weight excluding hydrogens is 274 g/mol. The van der Waals surface area contributed by atoms with Crippen molar-refractivity contribution in [3.05, 3.63) is 0 Å². The van der Waals surface area contributed by atoms with Gasteiger partial charge in [-0.15, -0.1) is 0 Å². The van der Waals surface area contributed by atoms with Gasteiger partial charge in [0.25, 0.3) is 0 Å². The van der Waals surface area contributed by atoms with Gasteiger partial charge >= 0.3 is 12.0 Å². The highest BCUT2D eigenvalue weighted by molar-refractivity contribution is 5.84. The molecule has 1 aliphatic rings. The number of hydrogen-bond acceptors (Lipinski definition) is 3. The molecule has 0 saturated carbocycles. The molecule has 21 heavy (non-hydrogen) atoms. The summed E-state index contributed by atoms with van der Waals surface area (Å²) in [5, 5.41) is 11.4. The highest BCUT2D eigenvalue weighted by Gasteiger charge is 2.25. The Balaban J connectivity index is 2.40. The van der Waals surface area contributed by atoms with E-state index in [1.807, 2.05) is 13.8 Å². The lowest BCUT2D eigenvalue weighted by Gasteiger charge is -2.32. The van der Waals surface area contributed by atoms with Crippen molar-refractivity contribution in [3.8, 4) is 0 Å². The number of carboxylic acid groups (broad SMARTS) is 1. The van der Waals surface area contributed by atoms with E-state index in [4.69, 9.17) is 5.11 Å². The summed E-state index contributed by atoms with van der Waals surface area (Å²) in [7, 11) is 0. The van der Waals surface area contributed by atoms with Crippen LogP contribution in [0.15, 0.2) is 0 Å². The maximum absolute atomic E-state index is 12.0. The molecule has 0 aromatic rings. The normalized spacial score (nSPS) is 18.2. The van der Waals surface area contributed by atoms with Gasteiger partial charge in [-0.25, -0.2) is 4.79 Å². The molecule has 0 aromatic heterocycles. The molecule has 2 N–H and O–H groups in total. The van der Waals surface area contributed by atoms with Gasteiger partial charge in [0.15, 0.2) is 0 Å². The van der Waals surface area contributed by atoms with E-state index in [0.29, 0.717) is 26.2 Å². The molecule has 1 heterocycles. The van der Waals surface area contributed by atoms with E-state index in [1.54, 1.807) is 9.80 Å². The van der Waals surface area contributed by atoms with E-state index in [0.717, 1.165) is 12.8 Å². The lowest BCUT2D eigenvalue weighted by molar-refractivity contribution is -0.138. The Morgan fingerprint density at radius 2 is 1.95 bits per heavy atom. The van der Waals surface area contributed by atoms with Crippen molar-refractivity contribution in [2.45, 2.75) is 33.1 Å². The minimum atomic E-state index is -0.834. The predicted molar refractivity (Wildman–Crippen MR) is 77.9 cm³/mol. The number of nitrogens with zero attached hydrogens (tertiary/aromatic N) is 2. The molecule has 7 nitrogen and oxygen atoms in total. The number of likely N-dealkylation sites (tertiary alicyclic amines) is 1. The largest absolute Gasteiger partial charge is 0.481 e. The minimum absolute atomic E-state index is 0.000448.